The normalized spacial score (nSPS) is 10.5. The number of hydrogen-bond acceptors (Lipinski definition) is 2. The van der Waals surface area contributed by atoms with Gasteiger partial charge in [0.2, 0.25) is 0 Å². The highest BCUT2D eigenvalue weighted by atomic mass is 35.5. The molecule has 0 atom stereocenters. The molecule has 1 aromatic heterocycles. The maximum atomic E-state index is 12.3. The van der Waals surface area contributed by atoms with E-state index in [0.717, 1.165) is 5.56 Å². The molecule has 0 bridgehead atoms. The monoisotopic (exact) mass is 324 g/mol. The van der Waals surface area contributed by atoms with Gasteiger partial charge in [0.05, 0.1) is 10.0 Å². The number of aromatic nitrogens is 1. The number of amides is 1. The Balaban J connectivity index is 2.21. The predicted octanol–water partition coefficient (Wildman–Crippen LogP) is 2.96. The molecule has 2 aromatic rings. The van der Waals surface area contributed by atoms with Crippen LogP contribution < -0.4 is 5.56 Å². The second-order valence-electron chi connectivity index (χ2n) is 4.74. The largest absolute Gasteiger partial charge is 0.337 e. The Morgan fingerprint density at radius 1 is 1.29 bits per heavy atom. The minimum atomic E-state index is -0.247. The van der Waals surface area contributed by atoms with Crippen molar-refractivity contribution in [2.75, 3.05) is 7.05 Å². The molecule has 0 radical (unpaired) electrons. The van der Waals surface area contributed by atoms with Crippen LogP contribution in [0.1, 0.15) is 15.9 Å². The number of hydrogen-bond donors (Lipinski definition) is 0. The van der Waals surface area contributed by atoms with E-state index in [4.69, 9.17) is 23.2 Å². The van der Waals surface area contributed by atoms with Gasteiger partial charge in [-0.25, -0.2) is 0 Å². The van der Waals surface area contributed by atoms with Crippen molar-refractivity contribution in [3.05, 3.63) is 68.1 Å². The van der Waals surface area contributed by atoms with Crippen molar-refractivity contribution in [3.63, 3.8) is 0 Å². The lowest BCUT2D eigenvalue weighted by molar-refractivity contribution is 0.0785. The first-order valence-corrected chi connectivity index (χ1v) is 7.01. The fraction of sp³-hybridized carbons (Fsp3) is 0.200. The topological polar surface area (TPSA) is 42.3 Å². The van der Waals surface area contributed by atoms with Gasteiger partial charge in [0.25, 0.3) is 11.5 Å². The highest BCUT2D eigenvalue weighted by Crippen LogP contribution is 2.26. The lowest BCUT2D eigenvalue weighted by Crippen LogP contribution is -2.28. The number of carbonyl (C=O) groups excluding carboxylic acids is 1. The van der Waals surface area contributed by atoms with Gasteiger partial charge in [-0.3, -0.25) is 9.59 Å². The Kier molecular flexibility index (Phi) is 4.70. The zero-order valence-electron chi connectivity index (χ0n) is 11.6. The first-order valence-electron chi connectivity index (χ1n) is 6.25. The van der Waals surface area contributed by atoms with Gasteiger partial charge >= 0.3 is 0 Å². The summed E-state index contributed by atoms with van der Waals surface area (Å²) >= 11 is 12.1. The minimum Gasteiger partial charge on any atom is -0.337 e. The summed E-state index contributed by atoms with van der Waals surface area (Å²) < 4.78 is 1.41. The Morgan fingerprint density at radius 2 is 2.00 bits per heavy atom. The number of benzene rings is 1. The Morgan fingerprint density at radius 3 is 2.67 bits per heavy atom. The maximum absolute atomic E-state index is 12.3. The molecule has 0 aliphatic heterocycles. The molecule has 1 aromatic carbocycles. The van der Waals surface area contributed by atoms with Crippen LogP contribution in [0.2, 0.25) is 10.0 Å². The third-order valence-electron chi connectivity index (χ3n) is 3.14. The molecular weight excluding hydrogens is 311 g/mol. The SMILES string of the molecule is CN(Cc1cccc(Cl)c1Cl)C(=O)c1ccn(C)c(=O)c1. The quantitative estimate of drug-likeness (QED) is 0.871. The molecular formula is C15H14Cl2N2O2. The molecule has 0 saturated heterocycles. The zero-order valence-corrected chi connectivity index (χ0v) is 13.1. The van der Waals surface area contributed by atoms with Crippen LogP contribution in [0.15, 0.2) is 41.3 Å². The molecule has 0 fully saturated rings. The summed E-state index contributed by atoms with van der Waals surface area (Å²) in [6.45, 7) is 0.313. The second kappa shape index (κ2) is 6.33. The third kappa shape index (κ3) is 3.46. The fourth-order valence-electron chi connectivity index (χ4n) is 1.90. The van der Waals surface area contributed by atoms with E-state index in [1.807, 2.05) is 6.07 Å². The molecule has 0 spiro atoms. The molecule has 0 aliphatic carbocycles. The van der Waals surface area contributed by atoms with Crippen LogP contribution in [0.4, 0.5) is 0 Å². The predicted molar refractivity (Wildman–Crippen MR) is 83.9 cm³/mol. The highest BCUT2D eigenvalue weighted by molar-refractivity contribution is 6.42. The average Bonchev–Trinajstić information content (AvgIpc) is 2.46. The molecule has 21 heavy (non-hydrogen) atoms. The van der Waals surface area contributed by atoms with Crippen LogP contribution >= 0.6 is 23.2 Å². The summed E-state index contributed by atoms with van der Waals surface area (Å²) in [5, 5.41) is 0.881. The first kappa shape index (κ1) is 15.6. The van der Waals surface area contributed by atoms with E-state index in [-0.39, 0.29) is 11.5 Å². The highest BCUT2D eigenvalue weighted by Gasteiger charge is 2.15. The van der Waals surface area contributed by atoms with Crippen LogP contribution in [-0.2, 0) is 13.6 Å². The van der Waals surface area contributed by atoms with Crippen molar-refractivity contribution >= 4 is 29.1 Å². The Bertz CT molecular complexity index is 741. The third-order valence-corrected chi connectivity index (χ3v) is 4.00. The molecule has 0 saturated carbocycles. The Labute approximate surface area is 132 Å². The number of nitrogens with zero attached hydrogens (tertiary/aromatic N) is 2. The van der Waals surface area contributed by atoms with E-state index in [0.29, 0.717) is 22.2 Å². The van der Waals surface area contributed by atoms with E-state index >= 15 is 0 Å². The van der Waals surface area contributed by atoms with Crippen LogP contribution in [0.5, 0.6) is 0 Å². The lowest BCUT2D eigenvalue weighted by Gasteiger charge is -2.18. The molecule has 0 unspecified atom stereocenters. The summed E-state index contributed by atoms with van der Waals surface area (Å²) in [7, 11) is 3.28. The van der Waals surface area contributed by atoms with Crippen molar-refractivity contribution in [2.24, 2.45) is 7.05 Å². The minimum absolute atomic E-state index is 0.227. The summed E-state index contributed by atoms with van der Waals surface area (Å²) in [4.78, 5) is 25.4. The van der Waals surface area contributed by atoms with Gasteiger partial charge in [-0.2, -0.15) is 0 Å². The second-order valence-corrected chi connectivity index (χ2v) is 5.52. The molecule has 1 heterocycles. The van der Waals surface area contributed by atoms with Crippen LogP contribution in [-0.4, -0.2) is 22.4 Å². The van der Waals surface area contributed by atoms with E-state index < -0.39 is 0 Å². The van der Waals surface area contributed by atoms with Crippen molar-refractivity contribution < 1.29 is 4.79 Å². The van der Waals surface area contributed by atoms with Crippen LogP contribution in [0.25, 0.3) is 0 Å². The van der Waals surface area contributed by atoms with Crippen LogP contribution in [0, 0.1) is 0 Å². The molecule has 2 rings (SSSR count). The molecule has 6 heteroatoms. The smallest absolute Gasteiger partial charge is 0.254 e. The zero-order chi connectivity index (χ0) is 15.6. The maximum Gasteiger partial charge on any atom is 0.254 e. The van der Waals surface area contributed by atoms with Gasteiger partial charge in [0, 0.05) is 38.5 Å². The van der Waals surface area contributed by atoms with Gasteiger partial charge in [0.1, 0.15) is 0 Å². The molecule has 4 nitrogen and oxygen atoms in total. The molecule has 1 amide bonds. The van der Waals surface area contributed by atoms with Crippen LogP contribution in [0.3, 0.4) is 0 Å². The standard InChI is InChI=1S/C15H14Cl2N2O2/c1-18-7-6-10(8-13(18)20)15(21)19(2)9-11-4-3-5-12(16)14(11)17/h3-8H,9H2,1-2H3. The number of rotatable bonds is 3. The summed E-state index contributed by atoms with van der Waals surface area (Å²) in [5.74, 6) is -0.247. The molecule has 0 N–H and O–H groups in total. The van der Waals surface area contributed by atoms with Crippen molar-refractivity contribution in [3.8, 4) is 0 Å². The van der Waals surface area contributed by atoms with Gasteiger partial charge in [-0.15, -0.1) is 0 Å². The lowest BCUT2D eigenvalue weighted by atomic mass is 10.2. The van der Waals surface area contributed by atoms with Crippen molar-refractivity contribution in [1.29, 1.82) is 0 Å². The number of pyridine rings is 1. The van der Waals surface area contributed by atoms with Gasteiger partial charge in [0.15, 0.2) is 0 Å². The van der Waals surface area contributed by atoms with Gasteiger partial charge in [-0.1, -0.05) is 35.3 Å². The summed E-state index contributed by atoms with van der Waals surface area (Å²) in [6, 6.07) is 8.20. The number of aryl methyl sites for hydroxylation is 1. The Hall–Kier alpha value is -1.78. The number of carbonyl (C=O) groups is 1. The van der Waals surface area contributed by atoms with Gasteiger partial charge < -0.3 is 9.47 Å². The van der Waals surface area contributed by atoms with E-state index in [1.165, 1.54) is 15.5 Å². The van der Waals surface area contributed by atoms with Crippen molar-refractivity contribution in [2.45, 2.75) is 6.54 Å². The molecule has 0 aliphatic rings. The van der Waals surface area contributed by atoms with Gasteiger partial charge in [-0.05, 0) is 17.7 Å². The van der Waals surface area contributed by atoms with E-state index in [1.54, 1.807) is 38.5 Å². The fourth-order valence-corrected chi connectivity index (χ4v) is 2.28. The average molecular weight is 325 g/mol. The van der Waals surface area contributed by atoms with E-state index in [2.05, 4.69) is 0 Å². The number of halogens is 2. The molecule has 110 valence electrons. The van der Waals surface area contributed by atoms with Crippen molar-refractivity contribution in [1.82, 2.24) is 9.47 Å². The van der Waals surface area contributed by atoms with E-state index in [9.17, 15) is 9.59 Å². The summed E-state index contributed by atoms with van der Waals surface area (Å²) in [5.41, 5.74) is 0.873. The summed E-state index contributed by atoms with van der Waals surface area (Å²) in [6.07, 6.45) is 1.57. The first-order chi connectivity index (χ1) is 9.90.